The van der Waals surface area contributed by atoms with Gasteiger partial charge in [-0.15, -0.1) is 0 Å². The lowest BCUT2D eigenvalue weighted by Crippen LogP contribution is -2.50. The molecule has 0 amide bonds. The molecular weight excluding hydrogens is 501 g/mol. The van der Waals surface area contributed by atoms with E-state index in [9.17, 15) is 26.0 Å². The van der Waals surface area contributed by atoms with Crippen molar-refractivity contribution in [1.82, 2.24) is 13.2 Å². The first-order chi connectivity index (χ1) is 15.5. The van der Waals surface area contributed by atoms with Crippen LogP contribution in [-0.2, 0) is 27.1 Å². The van der Waals surface area contributed by atoms with Crippen molar-refractivity contribution in [3.63, 3.8) is 0 Å². The monoisotopic (exact) mass is 519 g/mol. The Bertz CT molecular complexity index is 1510. The molecule has 33 heavy (non-hydrogen) atoms. The van der Waals surface area contributed by atoms with E-state index in [-0.39, 0.29) is 52.9 Å². The molecule has 1 aliphatic heterocycles. The predicted molar refractivity (Wildman–Crippen MR) is 117 cm³/mol. The van der Waals surface area contributed by atoms with E-state index in [1.807, 2.05) is 0 Å². The average molecular weight is 520 g/mol. The summed E-state index contributed by atoms with van der Waals surface area (Å²) < 4.78 is 80.2. The van der Waals surface area contributed by atoms with Crippen molar-refractivity contribution in [3.05, 3.63) is 51.7 Å². The fourth-order valence-corrected chi connectivity index (χ4v) is 6.94. The standard InChI is InChI=1S/C19H19ClFN3O7S2/c1-22-14-11-17(13(21)10-16(14)31-19(22)25)32(26,27)23-5-7-24(8-6-23)33(28,29)18-9-12(20)3-4-15(18)30-2/h3-4,9-11H,5-8H2,1-2H3. The number of halogens is 2. The molecule has 0 bridgehead atoms. The molecule has 0 saturated carbocycles. The number of aromatic nitrogens is 1. The molecule has 0 N–H and O–H groups in total. The van der Waals surface area contributed by atoms with E-state index in [0.717, 1.165) is 25.3 Å². The molecule has 0 spiro atoms. The molecule has 1 aliphatic rings. The van der Waals surface area contributed by atoms with Crippen molar-refractivity contribution >= 4 is 42.7 Å². The van der Waals surface area contributed by atoms with Crippen LogP contribution >= 0.6 is 11.6 Å². The molecule has 1 saturated heterocycles. The van der Waals surface area contributed by atoms with Crippen molar-refractivity contribution in [2.24, 2.45) is 7.05 Å². The molecule has 2 heterocycles. The number of sulfonamides is 2. The van der Waals surface area contributed by atoms with Crippen LogP contribution in [0.3, 0.4) is 0 Å². The summed E-state index contributed by atoms with van der Waals surface area (Å²) in [6.45, 7) is -0.727. The third kappa shape index (κ3) is 4.04. The van der Waals surface area contributed by atoms with Gasteiger partial charge < -0.3 is 9.15 Å². The molecule has 0 aliphatic carbocycles. The van der Waals surface area contributed by atoms with Crippen molar-refractivity contribution in [2.75, 3.05) is 33.3 Å². The van der Waals surface area contributed by atoms with Crippen molar-refractivity contribution < 1.29 is 30.4 Å². The Balaban J connectivity index is 1.61. The van der Waals surface area contributed by atoms with Crippen LogP contribution in [0.15, 0.2) is 49.3 Å². The zero-order valence-electron chi connectivity index (χ0n) is 17.5. The van der Waals surface area contributed by atoms with Gasteiger partial charge in [-0.25, -0.2) is 26.0 Å². The Morgan fingerprint density at radius 2 is 1.55 bits per heavy atom. The SMILES string of the molecule is COc1ccc(Cl)cc1S(=O)(=O)N1CCN(S(=O)(=O)c2cc3c(cc2F)oc(=O)n3C)CC1. The number of piperazine rings is 1. The van der Waals surface area contributed by atoms with Crippen LogP contribution in [0.25, 0.3) is 11.1 Å². The highest BCUT2D eigenvalue weighted by Gasteiger charge is 2.36. The molecule has 0 radical (unpaired) electrons. The second-order valence-corrected chi connectivity index (χ2v) is 11.5. The van der Waals surface area contributed by atoms with E-state index >= 15 is 0 Å². The summed E-state index contributed by atoms with van der Waals surface area (Å²) in [4.78, 5) is 10.9. The number of rotatable bonds is 5. The third-order valence-electron chi connectivity index (χ3n) is 5.40. The summed E-state index contributed by atoms with van der Waals surface area (Å²) in [5.74, 6) is -1.72. The van der Waals surface area contributed by atoms with Crippen molar-refractivity contribution in [2.45, 2.75) is 9.79 Å². The van der Waals surface area contributed by atoms with Gasteiger partial charge in [0.2, 0.25) is 20.0 Å². The van der Waals surface area contributed by atoms with Gasteiger partial charge in [0.1, 0.15) is 21.4 Å². The normalized spacial score (nSPS) is 16.4. The number of methoxy groups -OCH3 is 1. The van der Waals surface area contributed by atoms with Gasteiger partial charge in [0.25, 0.3) is 0 Å². The number of oxazole rings is 1. The fourth-order valence-electron chi connectivity index (χ4n) is 3.61. The summed E-state index contributed by atoms with van der Waals surface area (Å²) in [5, 5.41) is 0.204. The second-order valence-electron chi connectivity index (χ2n) is 7.28. The fraction of sp³-hybridized carbons (Fsp3) is 0.316. The van der Waals surface area contributed by atoms with Gasteiger partial charge in [0.15, 0.2) is 5.58 Å². The zero-order chi connectivity index (χ0) is 24.1. The minimum Gasteiger partial charge on any atom is -0.495 e. The highest BCUT2D eigenvalue weighted by molar-refractivity contribution is 7.89. The molecule has 1 aromatic heterocycles. The average Bonchev–Trinajstić information content (AvgIpc) is 3.05. The van der Waals surface area contributed by atoms with E-state index in [1.54, 1.807) is 0 Å². The highest BCUT2D eigenvalue weighted by atomic mass is 35.5. The molecule has 4 rings (SSSR count). The van der Waals surface area contributed by atoms with Crippen molar-refractivity contribution in [1.29, 1.82) is 0 Å². The lowest BCUT2D eigenvalue weighted by Gasteiger charge is -2.33. The number of fused-ring (bicyclic) bond motifs is 1. The first-order valence-corrected chi connectivity index (χ1v) is 12.9. The van der Waals surface area contributed by atoms with Gasteiger partial charge in [-0.05, 0) is 24.3 Å². The van der Waals surface area contributed by atoms with Crippen LogP contribution in [0.4, 0.5) is 4.39 Å². The molecule has 178 valence electrons. The summed E-state index contributed by atoms with van der Waals surface area (Å²) in [7, 11) is -5.63. The molecule has 2 aromatic carbocycles. The van der Waals surface area contributed by atoms with Crippen LogP contribution in [-0.4, -0.2) is 63.3 Å². The maximum absolute atomic E-state index is 14.6. The summed E-state index contributed by atoms with van der Waals surface area (Å²) >= 11 is 5.95. The van der Waals surface area contributed by atoms with E-state index < -0.39 is 36.5 Å². The number of hydrogen-bond donors (Lipinski definition) is 0. The largest absolute Gasteiger partial charge is 0.495 e. The molecule has 1 fully saturated rings. The Morgan fingerprint density at radius 3 is 2.12 bits per heavy atom. The molecule has 14 heteroatoms. The lowest BCUT2D eigenvalue weighted by molar-refractivity contribution is 0.271. The van der Waals surface area contributed by atoms with Crippen LogP contribution in [0, 0.1) is 5.82 Å². The van der Waals surface area contributed by atoms with Gasteiger partial charge in [0, 0.05) is 44.3 Å². The topological polar surface area (TPSA) is 119 Å². The minimum absolute atomic E-state index is 0.0784. The number of hydrogen-bond acceptors (Lipinski definition) is 7. The molecule has 0 unspecified atom stereocenters. The number of aryl methyl sites for hydroxylation is 1. The van der Waals surface area contributed by atoms with Gasteiger partial charge >= 0.3 is 5.76 Å². The highest BCUT2D eigenvalue weighted by Crippen LogP contribution is 2.31. The van der Waals surface area contributed by atoms with Crippen LogP contribution < -0.4 is 10.5 Å². The zero-order valence-corrected chi connectivity index (χ0v) is 19.9. The quantitative estimate of drug-likeness (QED) is 0.502. The molecule has 3 aromatic rings. The minimum atomic E-state index is -4.31. The lowest BCUT2D eigenvalue weighted by atomic mass is 10.3. The number of benzene rings is 2. The van der Waals surface area contributed by atoms with E-state index in [0.29, 0.717) is 0 Å². The summed E-state index contributed by atoms with van der Waals surface area (Å²) in [6.07, 6.45) is 0. The maximum Gasteiger partial charge on any atom is 0.419 e. The van der Waals surface area contributed by atoms with Crippen LogP contribution in [0.1, 0.15) is 0 Å². The first-order valence-electron chi connectivity index (χ1n) is 9.59. The Morgan fingerprint density at radius 1 is 0.970 bits per heavy atom. The Hall–Kier alpha value is -2.45. The van der Waals surface area contributed by atoms with E-state index in [2.05, 4.69) is 0 Å². The molecule has 0 atom stereocenters. The van der Waals surface area contributed by atoms with E-state index in [1.165, 1.54) is 32.4 Å². The number of ether oxygens (including phenoxy) is 1. The molecule has 10 nitrogen and oxygen atoms in total. The van der Waals surface area contributed by atoms with Gasteiger partial charge in [-0.3, -0.25) is 4.57 Å². The van der Waals surface area contributed by atoms with Crippen LogP contribution in [0.2, 0.25) is 5.02 Å². The Labute approximate surface area is 193 Å². The smallest absolute Gasteiger partial charge is 0.419 e. The molecular formula is C19H19ClFN3O7S2. The summed E-state index contributed by atoms with van der Waals surface area (Å²) in [5.41, 5.74) is 0.0413. The Kier molecular flexibility index (Phi) is 6.03. The van der Waals surface area contributed by atoms with Gasteiger partial charge in [0.05, 0.1) is 12.6 Å². The maximum atomic E-state index is 14.6. The first kappa shape index (κ1) is 23.7. The van der Waals surface area contributed by atoms with Gasteiger partial charge in [-0.1, -0.05) is 11.6 Å². The van der Waals surface area contributed by atoms with E-state index in [4.69, 9.17) is 20.8 Å². The third-order valence-corrected chi connectivity index (χ3v) is 9.47. The van der Waals surface area contributed by atoms with Crippen LogP contribution in [0.5, 0.6) is 5.75 Å². The van der Waals surface area contributed by atoms with Crippen molar-refractivity contribution in [3.8, 4) is 5.75 Å². The van der Waals surface area contributed by atoms with Gasteiger partial charge in [-0.2, -0.15) is 8.61 Å². The summed E-state index contributed by atoms with van der Waals surface area (Å²) in [6, 6.07) is 6.06. The predicted octanol–water partition coefficient (Wildman–Crippen LogP) is 1.63. The second kappa shape index (κ2) is 8.40. The number of nitrogens with zero attached hydrogens (tertiary/aromatic N) is 3.